The Kier molecular flexibility index (Phi) is 3.94. The smallest absolute Gasteiger partial charge is 0.305 e. The summed E-state index contributed by atoms with van der Waals surface area (Å²) >= 11 is 0. The standard InChI is InChI=1S/C10H14N2O2/c1-14-10(13)7-6-9-5-3-2-4-8-12(9)11/h2-5,8H,6-7,11H2,1H3. The number of carbonyl (C=O) groups excluding carboxylic acids is 1. The molecule has 0 fully saturated rings. The van der Waals surface area contributed by atoms with Gasteiger partial charge in [0, 0.05) is 11.9 Å². The maximum absolute atomic E-state index is 10.9. The van der Waals surface area contributed by atoms with Crippen molar-refractivity contribution in [3.8, 4) is 0 Å². The maximum atomic E-state index is 10.9. The zero-order chi connectivity index (χ0) is 10.4. The zero-order valence-electron chi connectivity index (χ0n) is 8.14. The van der Waals surface area contributed by atoms with E-state index in [0.29, 0.717) is 12.8 Å². The maximum Gasteiger partial charge on any atom is 0.305 e. The van der Waals surface area contributed by atoms with Gasteiger partial charge in [-0.15, -0.1) is 0 Å². The lowest BCUT2D eigenvalue weighted by molar-refractivity contribution is -0.140. The number of rotatable bonds is 3. The van der Waals surface area contributed by atoms with E-state index in [1.807, 2.05) is 24.3 Å². The molecule has 0 saturated heterocycles. The van der Waals surface area contributed by atoms with E-state index >= 15 is 0 Å². The molecule has 1 rings (SSSR count). The number of hydrazine groups is 1. The molecule has 0 bridgehead atoms. The van der Waals surface area contributed by atoms with E-state index in [1.165, 1.54) is 12.1 Å². The van der Waals surface area contributed by atoms with Crippen molar-refractivity contribution >= 4 is 5.97 Å². The van der Waals surface area contributed by atoms with Crippen LogP contribution in [0.2, 0.25) is 0 Å². The summed E-state index contributed by atoms with van der Waals surface area (Å²) in [5.74, 6) is 5.47. The first-order valence-corrected chi connectivity index (χ1v) is 4.39. The van der Waals surface area contributed by atoms with Crippen molar-refractivity contribution in [2.45, 2.75) is 12.8 Å². The summed E-state index contributed by atoms with van der Waals surface area (Å²) in [4.78, 5) is 10.9. The molecule has 0 aliphatic carbocycles. The lowest BCUT2D eigenvalue weighted by Gasteiger charge is -2.16. The third kappa shape index (κ3) is 3.06. The largest absolute Gasteiger partial charge is 0.469 e. The first kappa shape index (κ1) is 10.5. The van der Waals surface area contributed by atoms with Crippen molar-refractivity contribution in [1.82, 2.24) is 5.01 Å². The van der Waals surface area contributed by atoms with Gasteiger partial charge in [0.2, 0.25) is 0 Å². The molecule has 0 saturated carbocycles. The van der Waals surface area contributed by atoms with Crippen molar-refractivity contribution in [1.29, 1.82) is 0 Å². The van der Waals surface area contributed by atoms with Crippen LogP contribution in [0, 0.1) is 0 Å². The third-order valence-corrected chi connectivity index (χ3v) is 1.90. The van der Waals surface area contributed by atoms with Crippen LogP contribution in [0.5, 0.6) is 0 Å². The molecule has 76 valence electrons. The molecule has 0 atom stereocenters. The van der Waals surface area contributed by atoms with E-state index in [1.54, 1.807) is 6.20 Å². The number of hydrogen-bond donors (Lipinski definition) is 1. The Labute approximate surface area is 83.3 Å². The van der Waals surface area contributed by atoms with Crippen LogP contribution in [-0.4, -0.2) is 18.1 Å². The molecule has 1 aliphatic rings. The molecule has 2 N–H and O–H groups in total. The van der Waals surface area contributed by atoms with Gasteiger partial charge in [0.1, 0.15) is 0 Å². The lowest BCUT2D eigenvalue weighted by atomic mass is 10.2. The number of ether oxygens (including phenoxy) is 1. The SMILES string of the molecule is COC(=O)CCC1=CC=CC=CN1N. The fraction of sp³-hybridized carbons (Fsp3) is 0.300. The van der Waals surface area contributed by atoms with E-state index in [0.717, 1.165) is 5.70 Å². The molecule has 0 spiro atoms. The summed E-state index contributed by atoms with van der Waals surface area (Å²) in [7, 11) is 1.38. The van der Waals surface area contributed by atoms with E-state index in [2.05, 4.69) is 4.74 Å². The lowest BCUT2D eigenvalue weighted by Crippen LogP contribution is -2.24. The molecule has 0 aromatic carbocycles. The normalized spacial score (nSPS) is 15.0. The first-order chi connectivity index (χ1) is 6.74. The number of allylic oxidation sites excluding steroid dienone is 5. The first-order valence-electron chi connectivity index (χ1n) is 4.39. The van der Waals surface area contributed by atoms with Gasteiger partial charge < -0.3 is 4.74 Å². The number of hydrogen-bond acceptors (Lipinski definition) is 4. The minimum Gasteiger partial charge on any atom is -0.469 e. The van der Waals surface area contributed by atoms with E-state index in [9.17, 15) is 4.79 Å². The van der Waals surface area contributed by atoms with E-state index in [4.69, 9.17) is 5.84 Å². The van der Waals surface area contributed by atoms with Gasteiger partial charge >= 0.3 is 5.97 Å². The average molecular weight is 194 g/mol. The molecule has 0 amide bonds. The van der Waals surface area contributed by atoms with Crippen LogP contribution < -0.4 is 5.84 Å². The van der Waals surface area contributed by atoms with Gasteiger partial charge in [-0.05, 0) is 18.6 Å². The van der Waals surface area contributed by atoms with E-state index < -0.39 is 0 Å². The summed E-state index contributed by atoms with van der Waals surface area (Å²) in [5, 5.41) is 1.50. The fourth-order valence-electron chi connectivity index (χ4n) is 1.10. The second kappa shape index (κ2) is 5.24. The average Bonchev–Trinajstić information content (AvgIpc) is 2.39. The van der Waals surface area contributed by atoms with Crippen LogP contribution in [0.3, 0.4) is 0 Å². The van der Waals surface area contributed by atoms with Crippen molar-refractivity contribution in [3.05, 3.63) is 36.2 Å². The molecule has 0 radical (unpaired) electrons. The quantitative estimate of drug-likeness (QED) is 0.539. The molecule has 14 heavy (non-hydrogen) atoms. The monoisotopic (exact) mass is 194 g/mol. The highest BCUT2D eigenvalue weighted by Crippen LogP contribution is 2.11. The summed E-state index contributed by atoms with van der Waals surface area (Å²) < 4.78 is 4.55. The molecule has 0 unspecified atom stereocenters. The number of nitrogens with zero attached hydrogens (tertiary/aromatic N) is 1. The fourth-order valence-corrected chi connectivity index (χ4v) is 1.10. The topological polar surface area (TPSA) is 55.6 Å². The highest BCUT2D eigenvalue weighted by Gasteiger charge is 2.06. The predicted molar refractivity (Wildman–Crippen MR) is 53.6 cm³/mol. The number of carbonyl (C=O) groups is 1. The summed E-state index contributed by atoms with van der Waals surface area (Å²) in [6.07, 6.45) is 10.1. The van der Waals surface area contributed by atoms with Crippen molar-refractivity contribution < 1.29 is 9.53 Å². The molecule has 4 heteroatoms. The van der Waals surface area contributed by atoms with Crippen LogP contribution >= 0.6 is 0 Å². The highest BCUT2D eigenvalue weighted by atomic mass is 16.5. The zero-order valence-corrected chi connectivity index (χ0v) is 8.14. The minimum absolute atomic E-state index is 0.225. The van der Waals surface area contributed by atoms with Crippen LogP contribution in [0.1, 0.15) is 12.8 Å². The molecular weight excluding hydrogens is 180 g/mol. The van der Waals surface area contributed by atoms with Crippen LogP contribution in [0.4, 0.5) is 0 Å². The molecule has 0 aromatic rings. The molecular formula is C10H14N2O2. The van der Waals surface area contributed by atoms with Crippen molar-refractivity contribution in [2.24, 2.45) is 5.84 Å². The summed E-state index contributed by atoms with van der Waals surface area (Å²) in [5.41, 5.74) is 0.889. The Morgan fingerprint density at radius 3 is 3.00 bits per heavy atom. The Hall–Kier alpha value is -1.55. The Bertz CT molecular complexity index is 292. The second-order valence-electron chi connectivity index (χ2n) is 2.87. The second-order valence-corrected chi connectivity index (χ2v) is 2.87. The Balaban J connectivity index is 2.50. The number of methoxy groups -OCH3 is 1. The van der Waals surface area contributed by atoms with Gasteiger partial charge in [0.15, 0.2) is 0 Å². The van der Waals surface area contributed by atoms with Crippen LogP contribution in [0.15, 0.2) is 36.2 Å². The number of nitrogens with two attached hydrogens (primary N) is 1. The minimum atomic E-state index is -0.225. The molecule has 0 aromatic heterocycles. The van der Waals surface area contributed by atoms with Gasteiger partial charge in [-0.1, -0.05) is 12.2 Å². The predicted octanol–water partition coefficient (Wildman–Crippen LogP) is 1.08. The van der Waals surface area contributed by atoms with Crippen molar-refractivity contribution in [2.75, 3.05) is 7.11 Å². The van der Waals surface area contributed by atoms with E-state index in [-0.39, 0.29) is 5.97 Å². The van der Waals surface area contributed by atoms with Gasteiger partial charge in [0.05, 0.1) is 13.5 Å². The van der Waals surface area contributed by atoms with Gasteiger partial charge in [-0.3, -0.25) is 9.80 Å². The Morgan fingerprint density at radius 1 is 1.50 bits per heavy atom. The summed E-state index contributed by atoms with van der Waals surface area (Å²) in [6.45, 7) is 0. The molecule has 1 heterocycles. The third-order valence-electron chi connectivity index (χ3n) is 1.90. The Morgan fingerprint density at radius 2 is 2.29 bits per heavy atom. The summed E-state index contributed by atoms with van der Waals surface area (Å²) in [6, 6.07) is 0. The van der Waals surface area contributed by atoms with Crippen molar-refractivity contribution in [3.63, 3.8) is 0 Å². The van der Waals surface area contributed by atoms with Gasteiger partial charge in [-0.2, -0.15) is 0 Å². The van der Waals surface area contributed by atoms with Crippen LogP contribution in [0.25, 0.3) is 0 Å². The molecule has 4 nitrogen and oxygen atoms in total. The van der Waals surface area contributed by atoms with Gasteiger partial charge in [0.25, 0.3) is 0 Å². The van der Waals surface area contributed by atoms with Crippen LogP contribution in [-0.2, 0) is 9.53 Å². The highest BCUT2D eigenvalue weighted by molar-refractivity contribution is 5.69. The van der Waals surface area contributed by atoms with Gasteiger partial charge in [-0.25, -0.2) is 5.84 Å². The molecule has 1 aliphatic heterocycles. The number of esters is 1.